The van der Waals surface area contributed by atoms with Crippen LogP contribution in [0.25, 0.3) is 0 Å². The molecule has 0 amide bonds. The number of benzene rings is 2. The van der Waals surface area contributed by atoms with Gasteiger partial charge in [-0.1, -0.05) is 54.1 Å². The van der Waals surface area contributed by atoms with E-state index in [1.807, 2.05) is 53.3 Å². The first kappa shape index (κ1) is 14.4. The van der Waals surface area contributed by atoms with Gasteiger partial charge in [-0.15, -0.1) is 0 Å². The molecule has 0 atom stereocenters. The SMILES string of the molecule is Clc1ccccc1N/N=C\c1cnn(Cc2ccccc2)c1. The standard InChI is InChI=1S/C17H15ClN4/c18-16-8-4-5-9-17(16)21-19-10-15-11-20-22(13-15)12-14-6-2-1-3-7-14/h1-11,13,21H,12H2/b19-10-. The molecule has 0 saturated heterocycles. The summed E-state index contributed by atoms with van der Waals surface area (Å²) in [5.41, 5.74) is 5.83. The van der Waals surface area contributed by atoms with E-state index in [1.54, 1.807) is 12.4 Å². The Bertz CT molecular complexity index is 765. The molecule has 1 N–H and O–H groups in total. The van der Waals surface area contributed by atoms with Crippen LogP contribution in [0.2, 0.25) is 5.02 Å². The van der Waals surface area contributed by atoms with Gasteiger partial charge in [-0.3, -0.25) is 10.1 Å². The largest absolute Gasteiger partial charge is 0.277 e. The zero-order valence-electron chi connectivity index (χ0n) is 11.9. The fourth-order valence-electron chi connectivity index (χ4n) is 2.03. The van der Waals surface area contributed by atoms with Gasteiger partial charge in [0.05, 0.1) is 29.7 Å². The van der Waals surface area contributed by atoms with E-state index in [4.69, 9.17) is 11.6 Å². The van der Waals surface area contributed by atoms with Gasteiger partial charge in [-0.05, 0) is 17.7 Å². The third kappa shape index (κ3) is 3.74. The Labute approximate surface area is 134 Å². The van der Waals surface area contributed by atoms with E-state index >= 15 is 0 Å². The van der Waals surface area contributed by atoms with Crippen molar-refractivity contribution < 1.29 is 0 Å². The predicted octanol–water partition coefficient (Wildman–Crippen LogP) is 4.03. The summed E-state index contributed by atoms with van der Waals surface area (Å²) in [6, 6.07) is 17.7. The van der Waals surface area contributed by atoms with E-state index in [2.05, 4.69) is 27.8 Å². The van der Waals surface area contributed by atoms with Crippen LogP contribution in [-0.2, 0) is 6.54 Å². The number of nitrogens with one attached hydrogen (secondary N) is 1. The minimum atomic E-state index is 0.638. The van der Waals surface area contributed by atoms with Crippen molar-refractivity contribution in [3.8, 4) is 0 Å². The number of aromatic nitrogens is 2. The Morgan fingerprint density at radius 1 is 1.09 bits per heavy atom. The summed E-state index contributed by atoms with van der Waals surface area (Å²) in [6.07, 6.45) is 5.45. The summed E-state index contributed by atoms with van der Waals surface area (Å²) in [7, 11) is 0. The Kier molecular flexibility index (Phi) is 4.51. The second-order valence-electron chi connectivity index (χ2n) is 4.81. The van der Waals surface area contributed by atoms with Gasteiger partial charge < -0.3 is 0 Å². The zero-order valence-corrected chi connectivity index (χ0v) is 12.6. The number of hydrazone groups is 1. The highest BCUT2D eigenvalue weighted by Crippen LogP contribution is 2.20. The third-order valence-corrected chi connectivity index (χ3v) is 3.44. The summed E-state index contributed by atoms with van der Waals surface area (Å²) in [6.45, 7) is 0.743. The van der Waals surface area contributed by atoms with Crippen LogP contribution in [-0.4, -0.2) is 16.0 Å². The number of rotatable bonds is 5. The van der Waals surface area contributed by atoms with E-state index in [-0.39, 0.29) is 0 Å². The highest BCUT2D eigenvalue weighted by atomic mass is 35.5. The second-order valence-corrected chi connectivity index (χ2v) is 5.21. The Hall–Kier alpha value is -2.59. The first-order valence-corrected chi connectivity index (χ1v) is 7.29. The average Bonchev–Trinajstić information content (AvgIpc) is 2.98. The van der Waals surface area contributed by atoms with Crippen molar-refractivity contribution in [1.29, 1.82) is 0 Å². The second kappa shape index (κ2) is 6.91. The fourth-order valence-corrected chi connectivity index (χ4v) is 2.21. The average molecular weight is 311 g/mol. The summed E-state index contributed by atoms with van der Waals surface area (Å²) < 4.78 is 1.88. The molecule has 3 aromatic rings. The quantitative estimate of drug-likeness (QED) is 0.571. The van der Waals surface area contributed by atoms with E-state index in [9.17, 15) is 0 Å². The Balaban J connectivity index is 1.62. The summed E-state index contributed by atoms with van der Waals surface area (Å²) >= 11 is 6.05. The molecule has 22 heavy (non-hydrogen) atoms. The van der Waals surface area contributed by atoms with Crippen molar-refractivity contribution >= 4 is 23.5 Å². The monoisotopic (exact) mass is 310 g/mol. The lowest BCUT2D eigenvalue weighted by molar-refractivity contribution is 0.687. The molecule has 0 aliphatic heterocycles. The summed E-state index contributed by atoms with van der Waals surface area (Å²) in [4.78, 5) is 0. The topological polar surface area (TPSA) is 42.2 Å². The molecular weight excluding hydrogens is 296 g/mol. The van der Waals surface area contributed by atoms with Crippen LogP contribution in [0.15, 0.2) is 72.1 Å². The van der Waals surface area contributed by atoms with Crippen LogP contribution in [0.3, 0.4) is 0 Å². The molecule has 110 valence electrons. The number of halogens is 1. The number of hydrogen-bond donors (Lipinski definition) is 1. The van der Waals surface area contributed by atoms with Crippen LogP contribution in [0.5, 0.6) is 0 Å². The van der Waals surface area contributed by atoms with E-state index < -0.39 is 0 Å². The van der Waals surface area contributed by atoms with Crippen molar-refractivity contribution in [2.24, 2.45) is 5.10 Å². The first-order chi connectivity index (χ1) is 10.8. The maximum atomic E-state index is 6.05. The molecule has 1 aromatic heterocycles. The van der Waals surface area contributed by atoms with E-state index in [1.165, 1.54) is 5.56 Å². The molecule has 1 heterocycles. The minimum absolute atomic E-state index is 0.638. The molecule has 0 aliphatic carbocycles. The molecule has 0 saturated carbocycles. The lowest BCUT2D eigenvalue weighted by Gasteiger charge is -2.01. The van der Waals surface area contributed by atoms with Crippen LogP contribution < -0.4 is 5.43 Å². The predicted molar refractivity (Wildman–Crippen MR) is 90.4 cm³/mol. The normalized spacial score (nSPS) is 11.0. The van der Waals surface area contributed by atoms with Crippen molar-refractivity contribution in [1.82, 2.24) is 9.78 Å². The van der Waals surface area contributed by atoms with Gasteiger partial charge in [0, 0.05) is 11.8 Å². The first-order valence-electron chi connectivity index (χ1n) is 6.91. The molecule has 0 bridgehead atoms. The lowest BCUT2D eigenvalue weighted by atomic mass is 10.2. The number of hydrogen-bond acceptors (Lipinski definition) is 3. The molecule has 2 aromatic carbocycles. The van der Waals surface area contributed by atoms with Crippen molar-refractivity contribution in [2.75, 3.05) is 5.43 Å². The van der Waals surface area contributed by atoms with Crippen molar-refractivity contribution in [3.63, 3.8) is 0 Å². The van der Waals surface area contributed by atoms with Crippen LogP contribution in [0.4, 0.5) is 5.69 Å². The highest BCUT2D eigenvalue weighted by Gasteiger charge is 1.98. The molecule has 4 nitrogen and oxygen atoms in total. The molecule has 5 heteroatoms. The van der Waals surface area contributed by atoms with Gasteiger partial charge in [0.2, 0.25) is 0 Å². The Morgan fingerprint density at radius 3 is 2.68 bits per heavy atom. The summed E-state index contributed by atoms with van der Waals surface area (Å²) in [5, 5.41) is 9.14. The molecule has 0 unspecified atom stereocenters. The molecular formula is C17H15ClN4. The summed E-state index contributed by atoms with van der Waals surface area (Å²) in [5.74, 6) is 0. The molecule has 3 rings (SSSR count). The smallest absolute Gasteiger partial charge is 0.0748 e. The van der Waals surface area contributed by atoms with E-state index in [0.29, 0.717) is 5.02 Å². The molecule has 0 spiro atoms. The van der Waals surface area contributed by atoms with Gasteiger partial charge in [0.1, 0.15) is 0 Å². The van der Waals surface area contributed by atoms with Crippen LogP contribution in [0, 0.1) is 0 Å². The van der Waals surface area contributed by atoms with Crippen molar-refractivity contribution in [2.45, 2.75) is 6.54 Å². The van der Waals surface area contributed by atoms with Crippen LogP contribution >= 0.6 is 11.6 Å². The number of nitrogens with zero attached hydrogens (tertiary/aromatic N) is 3. The highest BCUT2D eigenvalue weighted by molar-refractivity contribution is 6.33. The zero-order chi connectivity index (χ0) is 15.2. The van der Waals surface area contributed by atoms with E-state index in [0.717, 1.165) is 17.8 Å². The number of para-hydroxylation sites is 1. The van der Waals surface area contributed by atoms with Gasteiger partial charge in [0.15, 0.2) is 0 Å². The van der Waals surface area contributed by atoms with Gasteiger partial charge in [-0.25, -0.2) is 0 Å². The maximum absolute atomic E-state index is 6.05. The molecule has 0 fully saturated rings. The third-order valence-electron chi connectivity index (χ3n) is 3.11. The van der Waals surface area contributed by atoms with Crippen LogP contribution in [0.1, 0.15) is 11.1 Å². The fraction of sp³-hybridized carbons (Fsp3) is 0.0588. The maximum Gasteiger partial charge on any atom is 0.0748 e. The van der Waals surface area contributed by atoms with Gasteiger partial charge in [-0.2, -0.15) is 10.2 Å². The lowest BCUT2D eigenvalue weighted by Crippen LogP contribution is -1.99. The minimum Gasteiger partial charge on any atom is -0.277 e. The Morgan fingerprint density at radius 2 is 1.86 bits per heavy atom. The van der Waals surface area contributed by atoms with Gasteiger partial charge >= 0.3 is 0 Å². The molecule has 0 aliphatic rings. The molecule has 0 radical (unpaired) electrons. The number of anilines is 1. The van der Waals surface area contributed by atoms with Gasteiger partial charge in [0.25, 0.3) is 0 Å². The van der Waals surface area contributed by atoms with Crippen molar-refractivity contribution in [3.05, 3.63) is 83.1 Å².